The summed E-state index contributed by atoms with van der Waals surface area (Å²) in [5.41, 5.74) is 1.07. The van der Waals surface area contributed by atoms with Gasteiger partial charge in [-0.3, -0.25) is 4.79 Å². The Morgan fingerprint density at radius 3 is 2.79 bits per heavy atom. The summed E-state index contributed by atoms with van der Waals surface area (Å²) < 4.78 is 21.0. The van der Waals surface area contributed by atoms with Crippen molar-refractivity contribution >= 4 is 28.8 Å². The fourth-order valence-electron chi connectivity index (χ4n) is 3.29. The van der Waals surface area contributed by atoms with Gasteiger partial charge in [-0.05, 0) is 42.5 Å². The molecule has 0 aliphatic rings. The molecule has 33 heavy (non-hydrogen) atoms. The summed E-state index contributed by atoms with van der Waals surface area (Å²) in [5, 5.41) is 11.3. The molecule has 0 atom stereocenters. The van der Waals surface area contributed by atoms with Gasteiger partial charge in [0.25, 0.3) is 5.89 Å². The van der Waals surface area contributed by atoms with Crippen LogP contribution in [0.25, 0.3) is 28.5 Å². The van der Waals surface area contributed by atoms with E-state index in [1.807, 2.05) is 0 Å². The van der Waals surface area contributed by atoms with Crippen molar-refractivity contribution in [2.45, 2.75) is 6.54 Å². The monoisotopic (exact) mass is 464 g/mol. The molecule has 0 bridgehead atoms. The van der Waals surface area contributed by atoms with Gasteiger partial charge in [0, 0.05) is 22.5 Å². The average molecular weight is 465 g/mol. The SMILES string of the molecule is O=C(Cn1nc2c(-c3nc(-c4cccc(Cl)c4)no3)cccn2c1=O)Nc1cccc(F)c1. The predicted molar refractivity (Wildman–Crippen MR) is 118 cm³/mol. The van der Waals surface area contributed by atoms with E-state index in [0.29, 0.717) is 22.0 Å². The number of benzene rings is 2. The van der Waals surface area contributed by atoms with Crippen LogP contribution in [0.2, 0.25) is 5.02 Å². The number of amides is 1. The third-order valence-electron chi connectivity index (χ3n) is 4.75. The van der Waals surface area contributed by atoms with Crippen molar-refractivity contribution in [3.05, 3.63) is 88.2 Å². The highest BCUT2D eigenvalue weighted by Crippen LogP contribution is 2.25. The molecule has 5 aromatic rings. The van der Waals surface area contributed by atoms with Gasteiger partial charge in [-0.1, -0.05) is 35.0 Å². The van der Waals surface area contributed by atoms with Gasteiger partial charge in [0.1, 0.15) is 12.4 Å². The Morgan fingerprint density at radius 2 is 1.97 bits per heavy atom. The molecule has 9 nitrogen and oxygen atoms in total. The van der Waals surface area contributed by atoms with Gasteiger partial charge in [0.15, 0.2) is 5.65 Å². The Labute approximate surface area is 190 Å². The zero-order chi connectivity index (χ0) is 22.9. The summed E-state index contributed by atoms with van der Waals surface area (Å²) in [4.78, 5) is 29.5. The largest absolute Gasteiger partial charge is 0.350 e. The minimum atomic E-state index is -0.534. The van der Waals surface area contributed by atoms with Crippen LogP contribution in [0.15, 0.2) is 76.2 Å². The fourth-order valence-corrected chi connectivity index (χ4v) is 3.48. The highest BCUT2D eigenvalue weighted by atomic mass is 35.5. The Balaban J connectivity index is 1.46. The first kappa shape index (κ1) is 20.6. The van der Waals surface area contributed by atoms with Crippen LogP contribution in [0.3, 0.4) is 0 Å². The Bertz CT molecular complexity index is 1560. The third kappa shape index (κ3) is 4.11. The molecule has 1 amide bonds. The Kier molecular flexibility index (Phi) is 5.19. The molecule has 3 heterocycles. The molecule has 2 aromatic carbocycles. The van der Waals surface area contributed by atoms with Crippen molar-refractivity contribution in [3.8, 4) is 22.8 Å². The molecule has 0 saturated carbocycles. The number of hydrogen-bond donors (Lipinski definition) is 1. The van der Waals surface area contributed by atoms with Crippen LogP contribution in [0.5, 0.6) is 0 Å². The van der Waals surface area contributed by atoms with Crippen molar-refractivity contribution in [1.82, 2.24) is 24.3 Å². The van der Waals surface area contributed by atoms with Gasteiger partial charge in [-0.25, -0.2) is 18.3 Å². The summed E-state index contributed by atoms with van der Waals surface area (Å²) in [5.74, 6) is -0.546. The fraction of sp³-hybridized carbons (Fsp3) is 0.0455. The molecular formula is C22H14ClFN6O3. The zero-order valence-corrected chi connectivity index (χ0v) is 17.5. The van der Waals surface area contributed by atoms with E-state index in [0.717, 1.165) is 4.68 Å². The topological polar surface area (TPSA) is 107 Å². The van der Waals surface area contributed by atoms with E-state index in [2.05, 4.69) is 20.6 Å². The Morgan fingerprint density at radius 1 is 1.12 bits per heavy atom. The van der Waals surface area contributed by atoms with Crippen LogP contribution >= 0.6 is 11.6 Å². The van der Waals surface area contributed by atoms with Crippen molar-refractivity contribution in [3.63, 3.8) is 0 Å². The van der Waals surface area contributed by atoms with E-state index in [1.165, 1.54) is 28.8 Å². The maximum Gasteiger partial charge on any atom is 0.350 e. The molecule has 1 N–H and O–H groups in total. The summed E-state index contributed by atoms with van der Waals surface area (Å²) >= 11 is 6.03. The molecule has 0 aliphatic carbocycles. The van der Waals surface area contributed by atoms with Gasteiger partial charge in [0.2, 0.25) is 11.7 Å². The molecule has 164 valence electrons. The van der Waals surface area contributed by atoms with Crippen molar-refractivity contribution < 1.29 is 13.7 Å². The van der Waals surface area contributed by atoms with Crippen molar-refractivity contribution in [2.24, 2.45) is 0 Å². The van der Waals surface area contributed by atoms with Crippen LogP contribution in [0.4, 0.5) is 10.1 Å². The number of aromatic nitrogens is 5. The van der Waals surface area contributed by atoms with E-state index in [-0.39, 0.29) is 23.8 Å². The van der Waals surface area contributed by atoms with Crippen LogP contribution < -0.4 is 11.0 Å². The lowest BCUT2D eigenvalue weighted by Crippen LogP contribution is -2.28. The first-order chi connectivity index (χ1) is 16.0. The minimum absolute atomic E-state index is 0.150. The van der Waals surface area contributed by atoms with E-state index < -0.39 is 17.4 Å². The standard InChI is InChI=1S/C22H14ClFN6O3/c23-14-5-1-4-13(10-14)19-26-21(33-28-19)17-8-3-9-29-20(17)27-30(22(29)32)12-18(31)25-16-7-2-6-15(24)11-16/h1-11H,12H2,(H,25,31). The van der Waals surface area contributed by atoms with Gasteiger partial charge in [0.05, 0.1) is 5.56 Å². The van der Waals surface area contributed by atoms with Crippen molar-refractivity contribution in [2.75, 3.05) is 5.32 Å². The summed E-state index contributed by atoms with van der Waals surface area (Å²) in [6, 6.07) is 15.7. The predicted octanol–water partition coefficient (Wildman–Crippen LogP) is 3.64. The normalized spacial score (nSPS) is 11.1. The average Bonchev–Trinajstić information content (AvgIpc) is 3.39. The highest BCUT2D eigenvalue weighted by molar-refractivity contribution is 6.30. The highest BCUT2D eigenvalue weighted by Gasteiger charge is 2.18. The zero-order valence-electron chi connectivity index (χ0n) is 16.8. The maximum atomic E-state index is 13.3. The van der Waals surface area contributed by atoms with E-state index in [4.69, 9.17) is 16.1 Å². The summed E-state index contributed by atoms with van der Waals surface area (Å²) in [6.45, 7) is -0.367. The van der Waals surface area contributed by atoms with Crippen molar-refractivity contribution in [1.29, 1.82) is 0 Å². The number of carbonyl (C=O) groups excluding carboxylic acids is 1. The molecule has 3 aromatic heterocycles. The number of nitrogens with zero attached hydrogens (tertiary/aromatic N) is 5. The second kappa shape index (κ2) is 8.32. The number of anilines is 1. The van der Waals surface area contributed by atoms with E-state index >= 15 is 0 Å². The lowest BCUT2D eigenvalue weighted by molar-refractivity contribution is -0.117. The molecule has 0 spiro atoms. The number of pyridine rings is 1. The lowest BCUT2D eigenvalue weighted by Gasteiger charge is -2.04. The molecule has 0 unspecified atom stereocenters. The molecule has 5 rings (SSSR count). The number of nitrogens with one attached hydrogen (secondary N) is 1. The van der Waals surface area contributed by atoms with Gasteiger partial charge >= 0.3 is 5.69 Å². The minimum Gasteiger partial charge on any atom is -0.333 e. The third-order valence-corrected chi connectivity index (χ3v) is 4.99. The Hall–Kier alpha value is -4.31. The number of rotatable bonds is 5. The molecule has 0 saturated heterocycles. The summed E-state index contributed by atoms with van der Waals surface area (Å²) in [7, 11) is 0. The molecule has 0 aliphatic heterocycles. The lowest BCUT2D eigenvalue weighted by atomic mass is 10.2. The summed E-state index contributed by atoms with van der Waals surface area (Å²) in [6.07, 6.45) is 1.52. The number of halogens is 2. The van der Waals surface area contributed by atoms with E-state index in [9.17, 15) is 14.0 Å². The number of hydrogen-bond acceptors (Lipinski definition) is 6. The molecular weight excluding hydrogens is 451 g/mol. The second-order valence-electron chi connectivity index (χ2n) is 7.05. The molecule has 0 radical (unpaired) electrons. The number of carbonyl (C=O) groups is 1. The van der Waals surface area contributed by atoms with Gasteiger partial charge in [-0.2, -0.15) is 4.98 Å². The van der Waals surface area contributed by atoms with Crippen LogP contribution in [0, 0.1) is 5.82 Å². The maximum absolute atomic E-state index is 13.3. The molecule has 0 fully saturated rings. The quantitative estimate of drug-likeness (QED) is 0.425. The van der Waals surface area contributed by atoms with Gasteiger partial charge < -0.3 is 9.84 Å². The first-order valence-corrected chi connectivity index (χ1v) is 10.1. The van der Waals surface area contributed by atoms with Gasteiger partial charge in [-0.15, -0.1) is 5.10 Å². The van der Waals surface area contributed by atoms with Crippen LogP contribution in [-0.4, -0.2) is 30.2 Å². The van der Waals surface area contributed by atoms with Crippen LogP contribution in [-0.2, 0) is 11.3 Å². The van der Waals surface area contributed by atoms with E-state index in [1.54, 1.807) is 42.5 Å². The number of fused-ring (bicyclic) bond motifs is 1. The second-order valence-corrected chi connectivity index (χ2v) is 7.48. The first-order valence-electron chi connectivity index (χ1n) is 9.71. The smallest absolute Gasteiger partial charge is 0.333 e. The molecule has 11 heteroatoms. The van der Waals surface area contributed by atoms with Crippen LogP contribution in [0.1, 0.15) is 0 Å².